The van der Waals surface area contributed by atoms with Gasteiger partial charge in [0.05, 0.1) is 0 Å². The predicted molar refractivity (Wildman–Crippen MR) is 96.1 cm³/mol. The quantitative estimate of drug-likeness (QED) is 0.807. The van der Waals surface area contributed by atoms with Gasteiger partial charge in [0.15, 0.2) is 0 Å². The molecule has 2 N–H and O–H groups in total. The zero-order valence-corrected chi connectivity index (χ0v) is 14.4. The number of aliphatic carboxylic acids is 1. The number of aryl methyl sites for hydroxylation is 1. The Morgan fingerprint density at radius 3 is 2.13 bits per heavy atom. The fourth-order valence-corrected chi connectivity index (χ4v) is 3.45. The third-order valence-electron chi connectivity index (χ3n) is 4.89. The lowest BCUT2D eigenvalue weighted by atomic mass is 9.95. The molecule has 1 aliphatic carbocycles. The zero-order valence-electron chi connectivity index (χ0n) is 14.4. The van der Waals surface area contributed by atoms with Gasteiger partial charge in [0, 0.05) is 5.69 Å². The van der Waals surface area contributed by atoms with Crippen molar-refractivity contribution >= 4 is 11.7 Å². The predicted octanol–water partition coefficient (Wildman–Crippen LogP) is 5.18. The van der Waals surface area contributed by atoms with Gasteiger partial charge in [-0.2, -0.15) is 0 Å². The second kappa shape index (κ2) is 9.59. The highest BCUT2D eigenvalue weighted by atomic mass is 16.4. The van der Waals surface area contributed by atoms with E-state index in [0.29, 0.717) is 0 Å². The number of benzene rings is 1. The number of rotatable bonds is 3. The molecule has 2 rings (SSSR count). The molecule has 128 valence electrons. The molecule has 0 heterocycles. The Labute approximate surface area is 140 Å². The Morgan fingerprint density at radius 2 is 1.52 bits per heavy atom. The van der Waals surface area contributed by atoms with Crippen LogP contribution < -0.4 is 5.32 Å². The van der Waals surface area contributed by atoms with E-state index < -0.39 is 12.0 Å². The van der Waals surface area contributed by atoms with Crippen molar-refractivity contribution in [1.82, 2.24) is 0 Å². The van der Waals surface area contributed by atoms with E-state index in [-0.39, 0.29) is 0 Å². The van der Waals surface area contributed by atoms with Gasteiger partial charge in [0.25, 0.3) is 0 Å². The molecule has 3 nitrogen and oxygen atoms in total. The van der Waals surface area contributed by atoms with Gasteiger partial charge < -0.3 is 10.4 Å². The fourth-order valence-electron chi connectivity index (χ4n) is 3.45. The Hall–Kier alpha value is -1.51. The van der Waals surface area contributed by atoms with Crippen LogP contribution in [-0.2, 0) is 17.6 Å². The summed E-state index contributed by atoms with van der Waals surface area (Å²) in [5.74, 6) is -0.799. The van der Waals surface area contributed by atoms with E-state index in [1.54, 1.807) is 6.92 Å². The van der Waals surface area contributed by atoms with Crippen molar-refractivity contribution in [2.75, 3.05) is 5.32 Å². The summed E-state index contributed by atoms with van der Waals surface area (Å²) in [7, 11) is 0. The van der Waals surface area contributed by atoms with Crippen molar-refractivity contribution < 1.29 is 9.90 Å². The van der Waals surface area contributed by atoms with E-state index in [4.69, 9.17) is 5.11 Å². The third kappa shape index (κ3) is 5.89. The summed E-state index contributed by atoms with van der Waals surface area (Å²) in [6.45, 7) is 1.71. The molecule has 1 atom stereocenters. The Morgan fingerprint density at radius 1 is 0.957 bits per heavy atom. The topological polar surface area (TPSA) is 49.3 Å². The molecule has 0 radical (unpaired) electrons. The molecule has 0 bridgehead atoms. The largest absolute Gasteiger partial charge is 0.480 e. The first-order chi connectivity index (χ1) is 11.2. The lowest BCUT2D eigenvalue weighted by molar-refractivity contribution is -0.137. The number of carboxylic acids is 1. The van der Waals surface area contributed by atoms with Crippen LogP contribution in [0.3, 0.4) is 0 Å². The second-order valence-corrected chi connectivity index (χ2v) is 6.83. The highest BCUT2D eigenvalue weighted by Crippen LogP contribution is 2.26. The minimum atomic E-state index is -0.799. The first-order valence-electron chi connectivity index (χ1n) is 9.28. The van der Waals surface area contributed by atoms with Crippen molar-refractivity contribution in [1.29, 1.82) is 0 Å². The molecule has 3 heteroatoms. The van der Waals surface area contributed by atoms with Gasteiger partial charge in [-0.05, 0) is 49.8 Å². The summed E-state index contributed by atoms with van der Waals surface area (Å²) in [4.78, 5) is 11.2. The molecule has 1 unspecified atom stereocenters. The van der Waals surface area contributed by atoms with Crippen LogP contribution in [0.2, 0.25) is 0 Å². The number of carbonyl (C=O) groups is 1. The Balaban J connectivity index is 2.14. The Bertz CT molecular complexity index is 498. The van der Waals surface area contributed by atoms with E-state index in [0.717, 1.165) is 18.5 Å². The van der Waals surface area contributed by atoms with Crippen molar-refractivity contribution in [2.45, 2.75) is 83.6 Å². The van der Waals surface area contributed by atoms with Crippen molar-refractivity contribution in [3.63, 3.8) is 0 Å². The van der Waals surface area contributed by atoms with Gasteiger partial charge in [-0.25, -0.2) is 0 Å². The van der Waals surface area contributed by atoms with Crippen LogP contribution in [0.25, 0.3) is 0 Å². The van der Waals surface area contributed by atoms with E-state index >= 15 is 0 Å². The summed E-state index contributed by atoms with van der Waals surface area (Å²) in [6.07, 6.45) is 14.0. The second-order valence-electron chi connectivity index (χ2n) is 6.83. The average Bonchev–Trinajstić information content (AvgIpc) is 2.55. The molecule has 0 fully saturated rings. The van der Waals surface area contributed by atoms with Crippen LogP contribution in [-0.4, -0.2) is 17.1 Å². The molecule has 0 aromatic heterocycles. The number of hydrogen-bond acceptors (Lipinski definition) is 2. The Kier molecular flexibility index (Phi) is 7.44. The number of carboxylic acid groups (broad SMARTS) is 1. The van der Waals surface area contributed by atoms with E-state index in [1.807, 2.05) is 6.07 Å². The molecule has 0 saturated carbocycles. The van der Waals surface area contributed by atoms with E-state index in [9.17, 15) is 4.79 Å². The average molecular weight is 317 g/mol. The maximum Gasteiger partial charge on any atom is 0.325 e. The maximum absolute atomic E-state index is 11.2. The lowest BCUT2D eigenvalue weighted by Crippen LogP contribution is -2.26. The molecule has 0 amide bonds. The van der Waals surface area contributed by atoms with Gasteiger partial charge in [0.2, 0.25) is 0 Å². The fraction of sp³-hybridized carbons (Fsp3) is 0.650. The molecule has 0 spiro atoms. The standard InChI is InChI=1S/C20H31NO2/c1-16(20(22)23)21-19-15-11-13-17-12-9-7-5-3-2-4-6-8-10-14-18(17)19/h11,13,15-16,21H,2-10,12,14H2,1H3,(H,22,23). The van der Waals surface area contributed by atoms with Gasteiger partial charge in [-0.15, -0.1) is 0 Å². The van der Waals surface area contributed by atoms with Crippen LogP contribution in [0.5, 0.6) is 0 Å². The summed E-state index contributed by atoms with van der Waals surface area (Å²) in [5, 5.41) is 12.4. The zero-order chi connectivity index (χ0) is 16.5. The number of anilines is 1. The van der Waals surface area contributed by atoms with E-state index in [1.165, 1.54) is 68.9 Å². The van der Waals surface area contributed by atoms with Crippen LogP contribution in [0.15, 0.2) is 18.2 Å². The van der Waals surface area contributed by atoms with E-state index in [2.05, 4.69) is 17.4 Å². The maximum atomic E-state index is 11.2. The molecule has 1 aromatic carbocycles. The smallest absolute Gasteiger partial charge is 0.325 e. The van der Waals surface area contributed by atoms with Gasteiger partial charge in [-0.1, -0.05) is 57.1 Å². The van der Waals surface area contributed by atoms with Gasteiger partial charge in [0.1, 0.15) is 6.04 Å². The van der Waals surface area contributed by atoms with Crippen molar-refractivity contribution in [3.05, 3.63) is 29.3 Å². The molecule has 0 aliphatic heterocycles. The van der Waals surface area contributed by atoms with Crippen LogP contribution >= 0.6 is 0 Å². The molecular weight excluding hydrogens is 286 g/mol. The number of hydrogen-bond donors (Lipinski definition) is 2. The van der Waals surface area contributed by atoms with Gasteiger partial charge >= 0.3 is 5.97 Å². The summed E-state index contributed by atoms with van der Waals surface area (Å²) in [5.41, 5.74) is 3.78. The first-order valence-corrected chi connectivity index (χ1v) is 9.28. The van der Waals surface area contributed by atoms with Crippen LogP contribution in [0.4, 0.5) is 5.69 Å². The normalized spacial score (nSPS) is 18.7. The van der Waals surface area contributed by atoms with Crippen LogP contribution in [0, 0.1) is 0 Å². The molecule has 0 saturated heterocycles. The SMILES string of the molecule is CC(Nc1cccc2c1CCCCCCCCCCC2)C(=O)O. The highest BCUT2D eigenvalue weighted by Gasteiger charge is 2.14. The lowest BCUT2D eigenvalue weighted by Gasteiger charge is -2.18. The number of fused-ring (bicyclic) bond motifs is 1. The first kappa shape index (κ1) is 17.8. The summed E-state index contributed by atoms with van der Waals surface area (Å²) < 4.78 is 0. The van der Waals surface area contributed by atoms with Crippen molar-refractivity contribution in [3.8, 4) is 0 Å². The molecular formula is C20H31NO2. The molecule has 1 aliphatic rings. The molecule has 23 heavy (non-hydrogen) atoms. The number of nitrogens with one attached hydrogen (secondary N) is 1. The summed E-state index contributed by atoms with van der Waals surface area (Å²) in [6, 6.07) is 5.78. The van der Waals surface area contributed by atoms with Gasteiger partial charge in [-0.3, -0.25) is 4.79 Å². The minimum Gasteiger partial charge on any atom is -0.480 e. The van der Waals surface area contributed by atoms with Crippen LogP contribution in [0.1, 0.15) is 75.8 Å². The molecule has 1 aromatic rings. The summed E-state index contributed by atoms with van der Waals surface area (Å²) >= 11 is 0. The monoisotopic (exact) mass is 317 g/mol. The minimum absolute atomic E-state index is 0.550. The highest BCUT2D eigenvalue weighted by molar-refractivity contribution is 5.77. The third-order valence-corrected chi connectivity index (χ3v) is 4.89. The van der Waals surface area contributed by atoms with Crippen molar-refractivity contribution in [2.24, 2.45) is 0 Å².